The lowest BCUT2D eigenvalue weighted by Crippen LogP contribution is -2.08. The second kappa shape index (κ2) is 3.55. The normalized spacial score (nSPS) is 18.1. The predicted octanol–water partition coefficient (Wildman–Crippen LogP) is 1.75. The van der Waals surface area contributed by atoms with Crippen LogP contribution < -0.4 is 0 Å². The van der Waals surface area contributed by atoms with Gasteiger partial charge in [0.25, 0.3) is 0 Å². The summed E-state index contributed by atoms with van der Waals surface area (Å²) in [4.78, 5) is 0. The van der Waals surface area contributed by atoms with E-state index in [0.717, 1.165) is 18.5 Å². The molecule has 1 heterocycles. The summed E-state index contributed by atoms with van der Waals surface area (Å²) in [6, 6.07) is 1.80. The van der Waals surface area contributed by atoms with Crippen LogP contribution in [0.25, 0.3) is 0 Å². The Morgan fingerprint density at radius 2 is 2.29 bits per heavy atom. The third-order valence-corrected chi connectivity index (χ3v) is 3.49. The van der Waals surface area contributed by atoms with Crippen molar-refractivity contribution in [3.63, 3.8) is 0 Å². The molecule has 1 N–H and O–H groups in total. The van der Waals surface area contributed by atoms with Crippen molar-refractivity contribution in [2.45, 2.75) is 30.9 Å². The maximum absolute atomic E-state index is 10.8. The molecule has 78 valence electrons. The molecule has 0 atom stereocenters. The molecular formula is C8H11ClN2O2S. The van der Waals surface area contributed by atoms with Gasteiger partial charge in [0.15, 0.2) is 0 Å². The topological polar surface area (TPSA) is 62.8 Å². The molecule has 0 unspecified atom stereocenters. The molecule has 0 amide bonds. The van der Waals surface area contributed by atoms with Gasteiger partial charge in [-0.25, -0.2) is 8.42 Å². The summed E-state index contributed by atoms with van der Waals surface area (Å²) in [5, 5.41) is 6.77. The molecule has 1 saturated carbocycles. The van der Waals surface area contributed by atoms with Gasteiger partial charge in [0.05, 0.1) is 11.4 Å². The second-order valence-electron chi connectivity index (χ2n) is 3.63. The van der Waals surface area contributed by atoms with Crippen LogP contribution in [0.1, 0.15) is 36.6 Å². The van der Waals surface area contributed by atoms with Crippen molar-refractivity contribution in [2.75, 3.05) is 0 Å². The van der Waals surface area contributed by atoms with Crippen LogP contribution in [-0.2, 0) is 14.8 Å². The van der Waals surface area contributed by atoms with E-state index in [0.29, 0.717) is 11.6 Å². The summed E-state index contributed by atoms with van der Waals surface area (Å²) in [7, 11) is 1.65. The van der Waals surface area contributed by atoms with Gasteiger partial charge >= 0.3 is 0 Å². The Balaban J connectivity index is 2.09. The van der Waals surface area contributed by atoms with Crippen molar-refractivity contribution in [2.24, 2.45) is 0 Å². The molecule has 0 aromatic carbocycles. The first-order valence-corrected chi connectivity index (χ1v) is 6.99. The second-order valence-corrected chi connectivity index (χ2v) is 6.41. The lowest BCUT2D eigenvalue weighted by atomic mass is 9.83. The van der Waals surface area contributed by atoms with Crippen molar-refractivity contribution >= 4 is 19.7 Å². The molecule has 0 saturated heterocycles. The zero-order chi connectivity index (χ0) is 10.2. The van der Waals surface area contributed by atoms with E-state index in [1.807, 2.05) is 0 Å². The molecule has 0 bridgehead atoms. The number of rotatable bonds is 3. The number of aromatic amines is 1. The summed E-state index contributed by atoms with van der Waals surface area (Å²) in [6.07, 6.45) is 3.54. The van der Waals surface area contributed by atoms with E-state index in [2.05, 4.69) is 10.2 Å². The Hall–Kier alpha value is -0.550. The molecule has 14 heavy (non-hydrogen) atoms. The maximum atomic E-state index is 10.8. The number of hydrogen-bond donors (Lipinski definition) is 1. The number of hydrogen-bond acceptors (Lipinski definition) is 3. The zero-order valence-electron chi connectivity index (χ0n) is 7.53. The highest BCUT2D eigenvalue weighted by Crippen LogP contribution is 2.35. The molecule has 4 nitrogen and oxygen atoms in total. The molecule has 0 radical (unpaired) electrons. The highest BCUT2D eigenvalue weighted by molar-refractivity contribution is 8.13. The number of nitrogens with zero attached hydrogens (tertiary/aromatic N) is 1. The first-order chi connectivity index (χ1) is 6.54. The summed E-state index contributed by atoms with van der Waals surface area (Å²) in [5.74, 6) is 0.340. The van der Waals surface area contributed by atoms with Crippen molar-refractivity contribution in [1.82, 2.24) is 10.2 Å². The van der Waals surface area contributed by atoms with E-state index in [1.165, 1.54) is 6.42 Å². The third-order valence-electron chi connectivity index (χ3n) is 2.50. The third kappa shape index (κ3) is 2.27. The zero-order valence-corrected chi connectivity index (χ0v) is 9.11. The van der Waals surface area contributed by atoms with Gasteiger partial charge in [0.2, 0.25) is 9.05 Å². The molecule has 1 aliphatic rings. The van der Waals surface area contributed by atoms with Gasteiger partial charge in [-0.1, -0.05) is 6.42 Å². The van der Waals surface area contributed by atoms with Gasteiger partial charge in [-0.15, -0.1) is 0 Å². The molecule has 2 rings (SSSR count). The van der Waals surface area contributed by atoms with E-state index in [4.69, 9.17) is 10.7 Å². The van der Waals surface area contributed by atoms with E-state index in [9.17, 15) is 8.42 Å². The van der Waals surface area contributed by atoms with E-state index < -0.39 is 9.05 Å². The molecule has 1 aromatic rings. The summed E-state index contributed by atoms with van der Waals surface area (Å²) < 4.78 is 21.6. The van der Waals surface area contributed by atoms with Crippen LogP contribution in [0.3, 0.4) is 0 Å². The number of aromatic nitrogens is 2. The summed E-state index contributed by atoms with van der Waals surface area (Å²) >= 11 is 0. The smallest absolute Gasteiger partial charge is 0.238 e. The van der Waals surface area contributed by atoms with Crippen molar-refractivity contribution < 1.29 is 8.42 Å². The highest BCUT2D eigenvalue weighted by Gasteiger charge is 2.22. The Labute approximate surface area is 87.1 Å². The first kappa shape index (κ1) is 9.98. The van der Waals surface area contributed by atoms with Gasteiger partial charge in [0, 0.05) is 16.6 Å². The minimum Gasteiger partial charge on any atom is -0.281 e. The van der Waals surface area contributed by atoms with Crippen LogP contribution in [-0.4, -0.2) is 18.6 Å². The molecule has 6 heteroatoms. The number of H-pyrrole nitrogens is 1. The summed E-state index contributed by atoms with van der Waals surface area (Å²) in [5.41, 5.74) is 1.54. The first-order valence-electron chi connectivity index (χ1n) is 4.51. The van der Waals surface area contributed by atoms with Crippen molar-refractivity contribution in [1.29, 1.82) is 0 Å². The fourth-order valence-electron chi connectivity index (χ4n) is 1.55. The molecule has 1 aromatic heterocycles. The van der Waals surface area contributed by atoms with Crippen molar-refractivity contribution in [3.8, 4) is 0 Å². The monoisotopic (exact) mass is 234 g/mol. The fourth-order valence-corrected chi connectivity index (χ4v) is 2.42. The van der Waals surface area contributed by atoms with E-state index in [1.54, 1.807) is 6.07 Å². The van der Waals surface area contributed by atoms with E-state index in [-0.39, 0.29) is 5.75 Å². The standard InChI is InChI=1S/C8H11ClN2O2S/c9-14(12,13)5-7-4-8(11-10-7)6-2-1-3-6/h4,6H,1-3,5H2,(H,10,11). The summed E-state index contributed by atoms with van der Waals surface area (Å²) in [6.45, 7) is 0. The number of nitrogens with one attached hydrogen (secondary N) is 1. The Kier molecular flexibility index (Phi) is 2.53. The van der Waals surface area contributed by atoms with Crippen molar-refractivity contribution in [3.05, 3.63) is 17.5 Å². The fraction of sp³-hybridized carbons (Fsp3) is 0.625. The Morgan fingerprint density at radius 3 is 2.79 bits per heavy atom. The van der Waals surface area contributed by atoms with Crippen LogP contribution in [0.5, 0.6) is 0 Å². The minimum atomic E-state index is -3.48. The van der Waals surface area contributed by atoms with Crippen LogP contribution >= 0.6 is 10.7 Å². The molecular weight excluding hydrogens is 224 g/mol. The molecule has 0 spiro atoms. The Bertz CT molecular complexity index is 422. The van der Waals surface area contributed by atoms with Crippen LogP contribution in [0, 0.1) is 0 Å². The van der Waals surface area contributed by atoms with Gasteiger partial charge in [-0.05, 0) is 18.9 Å². The predicted molar refractivity (Wildman–Crippen MR) is 53.7 cm³/mol. The lowest BCUT2D eigenvalue weighted by molar-refractivity contribution is 0.410. The van der Waals surface area contributed by atoms with Gasteiger partial charge < -0.3 is 0 Å². The highest BCUT2D eigenvalue weighted by atomic mass is 35.7. The molecule has 1 fully saturated rings. The minimum absolute atomic E-state index is 0.172. The number of halogens is 1. The van der Waals surface area contributed by atoms with Gasteiger partial charge in [0.1, 0.15) is 5.75 Å². The Morgan fingerprint density at radius 1 is 1.57 bits per heavy atom. The SMILES string of the molecule is O=S(=O)(Cl)Cc1cc(C2CCC2)n[nH]1. The van der Waals surface area contributed by atoms with Crippen LogP contribution in [0.15, 0.2) is 6.07 Å². The van der Waals surface area contributed by atoms with E-state index >= 15 is 0 Å². The largest absolute Gasteiger partial charge is 0.281 e. The lowest BCUT2D eigenvalue weighted by Gasteiger charge is -2.22. The van der Waals surface area contributed by atoms with Crippen LogP contribution in [0.2, 0.25) is 0 Å². The van der Waals surface area contributed by atoms with Gasteiger partial charge in [-0.2, -0.15) is 5.10 Å². The average Bonchev–Trinajstić information content (AvgIpc) is 2.28. The van der Waals surface area contributed by atoms with Gasteiger partial charge in [-0.3, -0.25) is 5.10 Å². The molecule has 0 aliphatic heterocycles. The van der Waals surface area contributed by atoms with Crippen LogP contribution in [0.4, 0.5) is 0 Å². The average molecular weight is 235 g/mol. The quantitative estimate of drug-likeness (QED) is 0.811. The maximum Gasteiger partial charge on any atom is 0.238 e. The molecule has 1 aliphatic carbocycles.